The molecule has 0 saturated carbocycles. The number of nitrogens with zero attached hydrogens (tertiary/aromatic N) is 2. The van der Waals surface area contributed by atoms with Crippen LogP contribution in [-0.2, 0) is 11.3 Å². The lowest BCUT2D eigenvalue weighted by atomic mass is 10.0. The summed E-state index contributed by atoms with van der Waals surface area (Å²) in [5.41, 5.74) is 4.35. The van der Waals surface area contributed by atoms with Crippen molar-refractivity contribution in [3.05, 3.63) is 84.2 Å². The predicted molar refractivity (Wildman–Crippen MR) is 92.3 cm³/mol. The van der Waals surface area contributed by atoms with E-state index in [0.717, 1.165) is 22.4 Å². The average Bonchev–Trinajstić information content (AvgIpc) is 2.88. The normalized spacial score (nSPS) is 16.3. The summed E-state index contributed by atoms with van der Waals surface area (Å²) in [6, 6.07) is 19.3. The Morgan fingerprint density at radius 1 is 1.00 bits per heavy atom. The largest absolute Gasteiger partial charge is 0.378 e. The summed E-state index contributed by atoms with van der Waals surface area (Å²) in [4.78, 5) is 18.2. The van der Waals surface area contributed by atoms with Gasteiger partial charge in [0.15, 0.2) is 6.10 Å². The van der Waals surface area contributed by atoms with Gasteiger partial charge in [0.25, 0.3) is 5.91 Å². The van der Waals surface area contributed by atoms with Crippen LogP contribution in [0.4, 0.5) is 5.69 Å². The molecule has 4 rings (SSSR count). The molecule has 0 aliphatic carbocycles. The highest BCUT2D eigenvalue weighted by molar-refractivity contribution is 6.04. The van der Waals surface area contributed by atoms with Crippen molar-refractivity contribution in [2.75, 3.05) is 4.90 Å². The Morgan fingerprint density at radius 3 is 2.58 bits per heavy atom. The fourth-order valence-electron chi connectivity index (χ4n) is 3.06. The van der Waals surface area contributed by atoms with Gasteiger partial charge in [0.05, 0.1) is 12.2 Å². The van der Waals surface area contributed by atoms with Crippen LogP contribution in [-0.4, -0.2) is 16.0 Å². The highest BCUT2D eigenvalue weighted by atomic mass is 16.3. The van der Waals surface area contributed by atoms with Gasteiger partial charge in [0.1, 0.15) is 0 Å². The summed E-state index contributed by atoms with van der Waals surface area (Å²) in [6.07, 6.45) is 2.38. The maximum absolute atomic E-state index is 12.5. The minimum atomic E-state index is -1.11. The van der Waals surface area contributed by atoms with Gasteiger partial charge in [-0.15, -0.1) is 0 Å². The third-order valence-corrected chi connectivity index (χ3v) is 4.29. The molecule has 1 N–H and O–H groups in total. The first kappa shape index (κ1) is 14.6. The van der Waals surface area contributed by atoms with Gasteiger partial charge in [-0.3, -0.25) is 9.78 Å². The molecular weight excluding hydrogens is 300 g/mol. The first-order chi connectivity index (χ1) is 11.7. The number of pyridine rings is 1. The minimum absolute atomic E-state index is 0.280. The zero-order valence-corrected chi connectivity index (χ0v) is 13.0. The minimum Gasteiger partial charge on any atom is -0.378 e. The third-order valence-electron chi connectivity index (χ3n) is 4.29. The molecule has 1 amide bonds. The fraction of sp³-hybridized carbons (Fsp3) is 0.100. The van der Waals surface area contributed by atoms with E-state index in [1.807, 2.05) is 60.7 Å². The predicted octanol–water partition coefficient (Wildman–Crippen LogP) is 3.33. The number of fused-ring (bicyclic) bond motifs is 1. The quantitative estimate of drug-likeness (QED) is 0.806. The van der Waals surface area contributed by atoms with Crippen molar-refractivity contribution in [3.8, 4) is 11.1 Å². The van der Waals surface area contributed by atoms with Crippen molar-refractivity contribution in [2.24, 2.45) is 0 Å². The summed E-state index contributed by atoms with van der Waals surface area (Å²) in [5, 5.41) is 10.4. The second-order valence-corrected chi connectivity index (χ2v) is 5.83. The van der Waals surface area contributed by atoms with E-state index >= 15 is 0 Å². The topological polar surface area (TPSA) is 53.4 Å². The second kappa shape index (κ2) is 5.91. The Kier molecular flexibility index (Phi) is 3.59. The molecule has 3 aromatic rings. The third kappa shape index (κ3) is 2.47. The van der Waals surface area contributed by atoms with E-state index in [1.165, 1.54) is 0 Å². The number of anilines is 1. The SMILES string of the molecule is O=C1C(O)c2cc(-c3cccnc3)ccc2N1Cc1ccccc1. The molecule has 0 spiro atoms. The Hall–Kier alpha value is -2.98. The number of benzene rings is 2. The van der Waals surface area contributed by atoms with Crippen molar-refractivity contribution in [3.63, 3.8) is 0 Å². The van der Waals surface area contributed by atoms with Crippen molar-refractivity contribution in [1.82, 2.24) is 4.98 Å². The van der Waals surface area contributed by atoms with E-state index in [1.54, 1.807) is 17.3 Å². The van der Waals surface area contributed by atoms with Crippen molar-refractivity contribution >= 4 is 11.6 Å². The van der Waals surface area contributed by atoms with E-state index in [2.05, 4.69) is 4.98 Å². The van der Waals surface area contributed by atoms with Crippen LogP contribution in [0.2, 0.25) is 0 Å². The number of aliphatic hydroxyl groups is 1. The molecule has 4 heteroatoms. The zero-order valence-electron chi connectivity index (χ0n) is 13.0. The Bertz CT molecular complexity index is 879. The zero-order chi connectivity index (χ0) is 16.5. The average molecular weight is 316 g/mol. The lowest BCUT2D eigenvalue weighted by Gasteiger charge is -2.17. The number of carbonyl (C=O) groups excluding carboxylic acids is 1. The smallest absolute Gasteiger partial charge is 0.260 e. The molecule has 0 saturated heterocycles. The van der Waals surface area contributed by atoms with Gasteiger partial charge < -0.3 is 10.0 Å². The molecule has 1 aliphatic rings. The van der Waals surface area contributed by atoms with E-state index in [0.29, 0.717) is 12.1 Å². The summed E-state index contributed by atoms with van der Waals surface area (Å²) in [7, 11) is 0. The monoisotopic (exact) mass is 316 g/mol. The lowest BCUT2D eigenvalue weighted by Crippen LogP contribution is -2.28. The van der Waals surface area contributed by atoms with Crippen LogP contribution in [0.25, 0.3) is 11.1 Å². The maximum atomic E-state index is 12.5. The Balaban J connectivity index is 1.71. The van der Waals surface area contributed by atoms with Gasteiger partial charge >= 0.3 is 0 Å². The number of aliphatic hydroxyl groups excluding tert-OH is 1. The summed E-state index contributed by atoms with van der Waals surface area (Å²) in [5.74, 6) is -0.280. The number of amides is 1. The molecule has 2 aromatic carbocycles. The molecule has 0 bridgehead atoms. The van der Waals surface area contributed by atoms with E-state index < -0.39 is 6.10 Å². The van der Waals surface area contributed by atoms with Gasteiger partial charge in [0, 0.05) is 23.5 Å². The van der Waals surface area contributed by atoms with Crippen LogP contribution in [0.15, 0.2) is 73.1 Å². The van der Waals surface area contributed by atoms with E-state index in [9.17, 15) is 9.90 Å². The molecule has 0 fully saturated rings. The molecule has 1 unspecified atom stereocenters. The molecule has 4 nitrogen and oxygen atoms in total. The van der Waals surface area contributed by atoms with Gasteiger partial charge in [0.2, 0.25) is 0 Å². The number of hydrogen-bond acceptors (Lipinski definition) is 3. The molecule has 118 valence electrons. The van der Waals surface area contributed by atoms with Crippen LogP contribution in [0.1, 0.15) is 17.2 Å². The molecule has 1 aromatic heterocycles. The number of hydrogen-bond donors (Lipinski definition) is 1. The highest BCUT2D eigenvalue weighted by Gasteiger charge is 2.36. The van der Waals surface area contributed by atoms with Gasteiger partial charge in [-0.2, -0.15) is 0 Å². The van der Waals surface area contributed by atoms with Crippen LogP contribution >= 0.6 is 0 Å². The summed E-state index contributed by atoms with van der Waals surface area (Å²) >= 11 is 0. The Morgan fingerprint density at radius 2 is 1.83 bits per heavy atom. The maximum Gasteiger partial charge on any atom is 0.260 e. The van der Waals surface area contributed by atoms with Crippen LogP contribution < -0.4 is 4.90 Å². The molecule has 0 radical (unpaired) electrons. The summed E-state index contributed by atoms with van der Waals surface area (Å²) in [6.45, 7) is 0.454. The van der Waals surface area contributed by atoms with Crippen molar-refractivity contribution in [1.29, 1.82) is 0 Å². The lowest BCUT2D eigenvalue weighted by molar-refractivity contribution is -0.125. The van der Waals surface area contributed by atoms with Gasteiger partial charge in [-0.1, -0.05) is 42.5 Å². The van der Waals surface area contributed by atoms with Crippen LogP contribution in [0.5, 0.6) is 0 Å². The Labute approximate surface area is 140 Å². The molecule has 24 heavy (non-hydrogen) atoms. The molecule has 2 heterocycles. The van der Waals surface area contributed by atoms with Crippen molar-refractivity contribution < 1.29 is 9.90 Å². The van der Waals surface area contributed by atoms with Gasteiger partial charge in [-0.05, 0) is 29.3 Å². The van der Waals surface area contributed by atoms with Crippen molar-refractivity contribution in [2.45, 2.75) is 12.6 Å². The fourth-order valence-corrected chi connectivity index (χ4v) is 3.06. The highest BCUT2D eigenvalue weighted by Crippen LogP contribution is 2.39. The molecule has 1 aliphatic heterocycles. The summed E-state index contributed by atoms with van der Waals surface area (Å²) < 4.78 is 0. The first-order valence-electron chi connectivity index (χ1n) is 7.82. The molecule has 1 atom stereocenters. The first-order valence-corrected chi connectivity index (χ1v) is 7.82. The number of rotatable bonds is 3. The van der Waals surface area contributed by atoms with E-state index in [-0.39, 0.29) is 5.91 Å². The number of aromatic nitrogens is 1. The van der Waals surface area contributed by atoms with E-state index in [4.69, 9.17) is 0 Å². The standard InChI is InChI=1S/C20H16N2O2/c23-19-17-11-15(16-7-4-10-21-12-16)8-9-18(17)22(20(19)24)13-14-5-2-1-3-6-14/h1-12,19,23H,13H2. The van der Waals surface area contributed by atoms with Crippen LogP contribution in [0.3, 0.4) is 0 Å². The van der Waals surface area contributed by atoms with Gasteiger partial charge in [-0.25, -0.2) is 0 Å². The second-order valence-electron chi connectivity index (χ2n) is 5.83. The molecular formula is C20H16N2O2. The number of carbonyl (C=O) groups is 1. The van der Waals surface area contributed by atoms with Crippen LogP contribution in [0, 0.1) is 0 Å².